The molecule has 2 rings (SSSR count). The lowest BCUT2D eigenvalue weighted by molar-refractivity contribution is 0.277. The topological polar surface area (TPSA) is 30.5 Å². The van der Waals surface area contributed by atoms with E-state index in [4.69, 9.17) is 9.47 Å². The van der Waals surface area contributed by atoms with Crippen LogP contribution in [0.5, 0.6) is 11.5 Å². The average Bonchev–Trinajstić information content (AvgIpc) is 3.19. The van der Waals surface area contributed by atoms with Crippen molar-refractivity contribution in [3.63, 3.8) is 0 Å². The number of likely N-dealkylation sites (N-methyl/N-ethyl adjacent to an activating group) is 1. The van der Waals surface area contributed by atoms with Crippen molar-refractivity contribution in [2.45, 2.75) is 19.3 Å². The molecular formula is C14H20BrNO2. The molecule has 0 amide bonds. The van der Waals surface area contributed by atoms with Gasteiger partial charge in [0.15, 0.2) is 11.5 Å². The molecule has 100 valence electrons. The van der Waals surface area contributed by atoms with Gasteiger partial charge >= 0.3 is 0 Å². The molecule has 0 atom stereocenters. The summed E-state index contributed by atoms with van der Waals surface area (Å²) in [5, 5.41) is 3.17. The van der Waals surface area contributed by atoms with Gasteiger partial charge < -0.3 is 14.8 Å². The summed E-state index contributed by atoms with van der Waals surface area (Å²) < 4.78 is 12.5. The molecule has 0 unspecified atom stereocenters. The van der Waals surface area contributed by atoms with Crippen LogP contribution in [0.25, 0.3) is 0 Å². The maximum absolute atomic E-state index is 5.98. The number of hydrogen-bond donors (Lipinski definition) is 1. The van der Waals surface area contributed by atoms with Crippen molar-refractivity contribution in [2.24, 2.45) is 5.92 Å². The zero-order valence-corrected chi connectivity index (χ0v) is 12.5. The number of methoxy groups -OCH3 is 1. The van der Waals surface area contributed by atoms with Crippen molar-refractivity contribution < 1.29 is 9.47 Å². The second kappa shape index (κ2) is 6.43. The smallest absolute Gasteiger partial charge is 0.165 e. The first-order valence-electron chi connectivity index (χ1n) is 6.39. The van der Waals surface area contributed by atoms with E-state index in [1.807, 2.05) is 19.2 Å². The molecule has 1 N–H and O–H groups in total. The summed E-state index contributed by atoms with van der Waals surface area (Å²) in [7, 11) is 3.65. The van der Waals surface area contributed by atoms with Crippen molar-refractivity contribution in [3.8, 4) is 11.5 Å². The molecule has 1 aromatic rings. The van der Waals surface area contributed by atoms with Gasteiger partial charge in [0, 0.05) is 10.0 Å². The third-order valence-corrected chi connectivity index (χ3v) is 3.92. The number of rotatable bonds is 7. The lowest BCUT2D eigenvalue weighted by Gasteiger charge is -2.16. The summed E-state index contributed by atoms with van der Waals surface area (Å²) in [6.45, 7) is 1.73. The normalized spacial score (nSPS) is 14.6. The Morgan fingerprint density at radius 3 is 2.78 bits per heavy atom. The van der Waals surface area contributed by atoms with Gasteiger partial charge in [-0.25, -0.2) is 0 Å². The largest absolute Gasteiger partial charge is 0.493 e. The Kier molecular flexibility index (Phi) is 4.89. The minimum atomic E-state index is 0.742. The summed E-state index contributed by atoms with van der Waals surface area (Å²) >= 11 is 3.60. The average molecular weight is 314 g/mol. The fourth-order valence-electron chi connectivity index (χ4n) is 1.87. The molecule has 1 aromatic carbocycles. The molecule has 0 saturated heterocycles. The summed E-state index contributed by atoms with van der Waals surface area (Å²) in [6, 6.07) is 3.98. The molecule has 0 aromatic heterocycles. The summed E-state index contributed by atoms with van der Waals surface area (Å²) in [6.07, 6.45) is 3.51. The van der Waals surface area contributed by atoms with Crippen LogP contribution in [-0.4, -0.2) is 27.3 Å². The van der Waals surface area contributed by atoms with E-state index in [2.05, 4.69) is 21.2 Å². The van der Waals surface area contributed by atoms with Crippen LogP contribution in [0.2, 0.25) is 0 Å². The third kappa shape index (κ3) is 3.39. The zero-order valence-electron chi connectivity index (χ0n) is 11.0. The predicted molar refractivity (Wildman–Crippen MR) is 76.5 cm³/mol. The van der Waals surface area contributed by atoms with Crippen molar-refractivity contribution in [3.05, 3.63) is 22.2 Å². The first-order valence-corrected chi connectivity index (χ1v) is 7.18. The van der Waals surface area contributed by atoms with Crippen LogP contribution in [0.3, 0.4) is 0 Å². The first-order chi connectivity index (χ1) is 8.76. The Bertz CT molecular complexity index is 405. The van der Waals surface area contributed by atoms with E-state index >= 15 is 0 Å². The van der Waals surface area contributed by atoms with Gasteiger partial charge in [0.2, 0.25) is 0 Å². The molecule has 0 aliphatic heterocycles. The van der Waals surface area contributed by atoms with Gasteiger partial charge in [-0.15, -0.1) is 0 Å². The number of benzene rings is 1. The number of nitrogens with one attached hydrogen (secondary N) is 1. The van der Waals surface area contributed by atoms with E-state index in [1.54, 1.807) is 7.11 Å². The second-order valence-electron chi connectivity index (χ2n) is 4.67. The molecule has 0 bridgehead atoms. The van der Waals surface area contributed by atoms with Crippen LogP contribution >= 0.6 is 15.9 Å². The molecular weight excluding hydrogens is 294 g/mol. The molecule has 1 fully saturated rings. The molecule has 1 saturated carbocycles. The molecule has 1 aliphatic carbocycles. The van der Waals surface area contributed by atoms with Gasteiger partial charge in [0.05, 0.1) is 13.7 Å². The van der Waals surface area contributed by atoms with E-state index in [0.29, 0.717) is 0 Å². The highest BCUT2D eigenvalue weighted by atomic mass is 79.9. The van der Waals surface area contributed by atoms with E-state index < -0.39 is 0 Å². The fraction of sp³-hybridized carbons (Fsp3) is 0.571. The van der Waals surface area contributed by atoms with Crippen molar-refractivity contribution in [1.29, 1.82) is 0 Å². The SMILES string of the molecule is CNCCc1c(Br)ccc(OC)c1OCC1CC1. The zero-order chi connectivity index (χ0) is 13.0. The van der Waals surface area contributed by atoms with Crippen LogP contribution in [0.15, 0.2) is 16.6 Å². The minimum absolute atomic E-state index is 0.742. The van der Waals surface area contributed by atoms with Crippen LogP contribution in [0.4, 0.5) is 0 Å². The van der Waals surface area contributed by atoms with Crippen molar-refractivity contribution in [2.75, 3.05) is 27.3 Å². The monoisotopic (exact) mass is 313 g/mol. The molecule has 3 nitrogen and oxygen atoms in total. The fourth-order valence-corrected chi connectivity index (χ4v) is 2.38. The molecule has 0 spiro atoms. The Hall–Kier alpha value is -0.740. The lowest BCUT2D eigenvalue weighted by Crippen LogP contribution is -2.12. The number of ether oxygens (including phenoxy) is 2. The summed E-state index contributed by atoms with van der Waals surface area (Å²) in [5.74, 6) is 2.46. The lowest BCUT2D eigenvalue weighted by atomic mass is 10.1. The van der Waals surface area contributed by atoms with E-state index in [1.165, 1.54) is 18.4 Å². The Balaban J connectivity index is 2.20. The highest BCUT2D eigenvalue weighted by Crippen LogP contribution is 2.38. The van der Waals surface area contributed by atoms with Gasteiger partial charge in [-0.3, -0.25) is 0 Å². The van der Waals surface area contributed by atoms with E-state index in [9.17, 15) is 0 Å². The predicted octanol–water partition coefficient (Wildman–Crippen LogP) is 3.01. The van der Waals surface area contributed by atoms with Crippen LogP contribution in [0, 0.1) is 5.92 Å². The van der Waals surface area contributed by atoms with Crippen LogP contribution < -0.4 is 14.8 Å². The maximum Gasteiger partial charge on any atom is 0.165 e. The molecule has 0 heterocycles. The van der Waals surface area contributed by atoms with E-state index in [-0.39, 0.29) is 0 Å². The third-order valence-electron chi connectivity index (χ3n) is 3.17. The standard InChI is InChI=1S/C14H20BrNO2/c1-16-8-7-11-12(15)5-6-13(17-2)14(11)18-9-10-3-4-10/h5-6,10,16H,3-4,7-9H2,1-2H3. The summed E-state index contributed by atoms with van der Waals surface area (Å²) in [4.78, 5) is 0. The van der Waals surface area contributed by atoms with Crippen LogP contribution in [-0.2, 0) is 6.42 Å². The number of halogens is 1. The number of hydrogen-bond acceptors (Lipinski definition) is 3. The second-order valence-corrected chi connectivity index (χ2v) is 5.52. The van der Waals surface area contributed by atoms with Gasteiger partial charge in [0.25, 0.3) is 0 Å². The Labute approximate surface area is 117 Å². The maximum atomic E-state index is 5.98. The van der Waals surface area contributed by atoms with Gasteiger partial charge in [-0.1, -0.05) is 15.9 Å². The van der Waals surface area contributed by atoms with Gasteiger partial charge in [-0.2, -0.15) is 0 Å². The quantitative estimate of drug-likeness (QED) is 0.839. The Morgan fingerprint density at radius 1 is 1.39 bits per heavy atom. The van der Waals surface area contributed by atoms with E-state index in [0.717, 1.165) is 41.5 Å². The Morgan fingerprint density at radius 2 is 2.17 bits per heavy atom. The minimum Gasteiger partial charge on any atom is -0.493 e. The molecule has 1 aliphatic rings. The van der Waals surface area contributed by atoms with Gasteiger partial charge in [-0.05, 0) is 50.9 Å². The van der Waals surface area contributed by atoms with Crippen molar-refractivity contribution >= 4 is 15.9 Å². The highest BCUT2D eigenvalue weighted by Gasteiger charge is 2.23. The first kappa shape index (κ1) is 13.7. The molecule has 4 heteroatoms. The van der Waals surface area contributed by atoms with Crippen molar-refractivity contribution in [1.82, 2.24) is 5.32 Å². The van der Waals surface area contributed by atoms with Gasteiger partial charge in [0.1, 0.15) is 0 Å². The summed E-state index contributed by atoms with van der Waals surface area (Å²) in [5.41, 5.74) is 1.18. The highest BCUT2D eigenvalue weighted by molar-refractivity contribution is 9.10. The molecule has 0 radical (unpaired) electrons. The molecule has 18 heavy (non-hydrogen) atoms. The van der Waals surface area contributed by atoms with Crippen LogP contribution in [0.1, 0.15) is 18.4 Å².